The number of pyridine rings is 1. The Hall–Kier alpha value is -3.76. The highest BCUT2D eigenvalue weighted by Gasteiger charge is 2.69. The van der Waals surface area contributed by atoms with Gasteiger partial charge in [0.05, 0.1) is 23.2 Å². The molecule has 0 saturated heterocycles. The van der Waals surface area contributed by atoms with E-state index in [4.69, 9.17) is 5.73 Å². The minimum absolute atomic E-state index is 0.000190. The number of carbonyl (C=O) groups excluding carboxylic acids is 5. The number of amides is 1. The molecule has 1 aromatic heterocycles. The number of likely N-dealkylation sites (N-methyl/N-ethyl adjacent to an activating group) is 1. The number of nitrogens with two attached hydrogens (primary N) is 1. The SMILES string of the molecule is Cc1cccnc1-c1ccc(O)c2c1CC1CC3C(N(C)C)C(=O)C(C(N)=O)C(=O)C3(O)C(=O)C1C2=O. The molecule has 37 heavy (non-hydrogen) atoms. The van der Waals surface area contributed by atoms with Crippen LogP contribution in [0, 0.1) is 30.6 Å². The molecule has 10 heteroatoms. The van der Waals surface area contributed by atoms with Crippen LogP contribution in [-0.4, -0.2) is 74.9 Å². The molecule has 1 amide bonds. The Morgan fingerprint density at radius 2 is 1.84 bits per heavy atom. The molecule has 6 unspecified atom stereocenters. The zero-order valence-corrected chi connectivity index (χ0v) is 20.6. The molecule has 5 rings (SSSR count). The van der Waals surface area contributed by atoms with E-state index in [0.29, 0.717) is 16.8 Å². The number of aliphatic hydroxyl groups is 1. The fourth-order valence-corrected chi connectivity index (χ4v) is 6.59. The molecule has 2 fully saturated rings. The first-order valence-electron chi connectivity index (χ1n) is 12.0. The Bertz CT molecular complexity index is 1400. The van der Waals surface area contributed by atoms with Crippen LogP contribution < -0.4 is 5.73 Å². The lowest BCUT2D eigenvalue weighted by Gasteiger charge is -2.52. The normalized spacial score (nSPS) is 31.1. The van der Waals surface area contributed by atoms with Crippen molar-refractivity contribution in [2.24, 2.45) is 29.4 Å². The molecule has 3 aliphatic rings. The zero-order chi connectivity index (χ0) is 27.0. The van der Waals surface area contributed by atoms with Gasteiger partial charge in [-0.25, -0.2) is 0 Å². The zero-order valence-electron chi connectivity index (χ0n) is 20.6. The maximum atomic E-state index is 13.8. The Labute approximate surface area is 212 Å². The smallest absolute Gasteiger partial charge is 0.235 e. The van der Waals surface area contributed by atoms with E-state index in [-0.39, 0.29) is 24.2 Å². The summed E-state index contributed by atoms with van der Waals surface area (Å²) in [5.74, 6) is -10.6. The summed E-state index contributed by atoms with van der Waals surface area (Å²) >= 11 is 0. The number of aryl methyl sites for hydroxylation is 1. The van der Waals surface area contributed by atoms with Gasteiger partial charge in [0.25, 0.3) is 0 Å². The van der Waals surface area contributed by atoms with Crippen LogP contribution in [-0.2, 0) is 25.6 Å². The van der Waals surface area contributed by atoms with E-state index in [1.807, 2.05) is 13.0 Å². The van der Waals surface area contributed by atoms with Crippen molar-refractivity contribution >= 4 is 29.0 Å². The maximum Gasteiger partial charge on any atom is 0.235 e. The molecule has 0 spiro atoms. The van der Waals surface area contributed by atoms with E-state index in [0.717, 1.165) is 5.56 Å². The van der Waals surface area contributed by atoms with Gasteiger partial charge in [-0.3, -0.25) is 33.9 Å². The minimum atomic E-state index is -2.73. The molecule has 6 atom stereocenters. The van der Waals surface area contributed by atoms with Gasteiger partial charge in [-0.2, -0.15) is 0 Å². The van der Waals surface area contributed by atoms with Gasteiger partial charge in [0.15, 0.2) is 34.7 Å². The van der Waals surface area contributed by atoms with E-state index < -0.39 is 64.4 Å². The maximum absolute atomic E-state index is 13.8. The number of hydrogen-bond acceptors (Lipinski definition) is 9. The van der Waals surface area contributed by atoms with Gasteiger partial charge in [-0.05, 0) is 69.1 Å². The van der Waals surface area contributed by atoms with Gasteiger partial charge in [0.2, 0.25) is 5.91 Å². The fraction of sp³-hybridized carbons (Fsp3) is 0.407. The first-order valence-corrected chi connectivity index (χ1v) is 12.0. The summed E-state index contributed by atoms with van der Waals surface area (Å²) in [6.07, 6.45) is 1.81. The average Bonchev–Trinajstić information content (AvgIpc) is 2.82. The third-order valence-electron chi connectivity index (χ3n) is 8.21. The highest BCUT2D eigenvalue weighted by Crippen LogP contribution is 2.51. The van der Waals surface area contributed by atoms with Crippen molar-refractivity contribution in [1.82, 2.24) is 9.88 Å². The summed E-state index contributed by atoms with van der Waals surface area (Å²) in [5, 5.41) is 22.3. The summed E-state index contributed by atoms with van der Waals surface area (Å²) in [6.45, 7) is 1.87. The van der Waals surface area contributed by atoms with Crippen LogP contribution in [0.25, 0.3) is 11.3 Å². The number of aromatic nitrogens is 1. The molecular formula is C27H27N3O7. The summed E-state index contributed by atoms with van der Waals surface area (Å²) in [4.78, 5) is 72.1. The van der Waals surface area contributed by atoms with Gasteiger partial charge < -0.3 is 15.9 Å². The van der Waals surface area contributed by atoms with Crippen LogP contribution in [0.4, 0.5) is 0 Å². The number of phenolic OH excluding ortho intramolecular Hbond substituents is 1. The summed E-state index contributed by atoms with van der Waals surface area (Å²) < 4.78 is 0. The van der Waals surface area contributed by atoms with Crippen molar-refractivity contribution in [2.75, 3.05) is 14.1 Å². The van der Waals surface area contributed by atoms with Crippen molar-refractivity contribution in [3.05, 3.63) is 47.2 Å². The quantitative estimate of drug-likeness (QED) is 0.495. The van der Waals surface area contributed by atoms with Crippen LogP contribution in [0.15, 0.2) is 30.5 Å². The van der Waals surface area contributed by atoms with Gasteiger partial charge in [-0.1, -0.05) is 6.07 Å². The molecule has 1 heterocycles. The number of primary amides is 1. The van der Waals surface area contributed by atoms with Crippen molar-refractivity contribution in [3.63, 3.8) is 0 Å². The summed E-state index contributed by atoms with van der Waals surface area (Å²) in [6, 6.07) is 5.55. The van der Waals surface area contributed by atoms with Crippen LogP contribution in [0.3, 0.4) is 0 Å². The number of benzene rings is 1. The molecule has 0 aliphatic heterocycles. The van der Waals surface area contributed by atoms with E-state index in [2.05, 4.69) is 4.98 Å². The van der Waals surface area contributed by atoms with E-state index >= 15 is 0 Å². The van der Waals surface area contributed by atoms with Gasteiger partial charge in [0.1, 0.15) is 5.75 Å². The van der Waals surface area contributed by atoms with Crippen molar-refractivity contribution in [2.45, 2.75) is 31.4 Å². The number of rotatable bonds is 3. The Kier molecular flexibility index (Phi) is 5.65. The molecule has 2 saturated carbocycles. The largest absolute Gasteiger partial charge is 0.507 e. The highest BCUT2D eigenvalue weighted by atomic mass is 16.3. The Morgan fingerprint density at radius 3 is 2.46 bits per heavy atom. The van der Waals surface area contributed by atoms with Gasteiger partial charge in [-0.15, -0.1) is 0 Å². The predicted octanol–water partition coefficient (Wildman–Crippen LogP) is 0.237. The predicted molar refractivity (Wildman–Crippen MR) is 129 cm³/mol. The van der Waals surface area contributed by atoms with E-state index in [1.165, 1.54) is 11.0 Å². The van der Waals surface area contributed by atoms with E-state index in [9.17, 15) is 34.2 Å². The molecular weight excluding hydrogens is 478 g/mol. The number of hydrogen-bond donors (Lipinski definition) is 3. The fourth-order valence-electron chi connectivity index (χ4n) is 6.59. The molecule has 1 aromatic carbocycles. The Balaban J connectivity index is 1.67. The second-order valence-corrected chi connectivity index (χ2v) is 10.4. The van der Waals surface area contributed by atoms with Crippen LogP contribution in [0.2, 0.25) is 0 Å². The molecule has 10 nitrogen and oxygen atoms in total. The molecule has 4 N–H and O–H groups in total. The van der Waals surface area contributed by atoms with Crippen LogP contribution in [0.5, 0.6) is 5.75 Å². The first kappa shape index (κ1) is 24.9. The minimum Gasteiger partial charge on any atom is -0.507 e. The lowest BCUT2D eigenvalue weighted by atomic mass is 9.52. The van der Waals surface area contributed by atoms with Crippen LogP contribution in [0.1, 0.15) is 27.9 Å². The number of Topliss-reactive ketones (excluding diaryl/α,β-unsaturated/α-hetero) is 4. The molecule has 0 radical (unpaired) electrons. The standard InChI is InChI=1S/C27H27N3O7/c1-11-5-4-8-29-20(11)13-6-7-16(31)18-14(13)9-12-10-15-21(30(2)3)23(33)19(26(28)36)25(35)27(15,37)24(34)17(12)22(18)32/h4-8,12,15,17,19,21,31,37H,9-10H2,1-3H3,(H2,28,36). The molecule has 3 aliphatic carbocycles. The third kappa shape index (κ3) is 3.32. The number of aromatic hydroxyl groups is 1. The second kappa shape index (κ2) is 8.39. The van der Waals surface area contributed by atoms with Crippen LogP contribution >= 0.6 is 0 Å². The van der Waals surface area contributed by atoms with Crippen molar-refractivity contribution in [1.29, 1.82) is 0 Å². The summed E-state index contributed by atoms with van der Waals surface area (Å²) in [5.41, 5.74) is 5.20. The van der Waals surface area contributed by atoms with E-state index in [1.54, 1.807) is 32.4 Å². The lowest BCUT2D eigenvalue weighted by molar-refractivity contribution is -0.181. The lowest BCUT2D eigenvalue weighted by Crippen LogP contribution is -2.74. The number of nitrogens with zero attached hydrogens (tertiary/aromatic N) is 2. The monoisotopic (exact) mass is 505 g/mol. The number of phenols is 1. The average molecular weight is 506 g/mol. The topological polar surface area (TPSA) is 168 Å². The second-order valence-electron chi connectivity index (χ2n) is 10.4. The summed E-state index contributed by atoms with van der Waals surface area (Å²) in [7, 11) is 3.10. The van der Waals surface area contributed by atoms with Crippen molar-refractivity contribution in [3.8, 4) is 17.0 Å². The third-order valence-corrected chi connectivity index (χ3v) is 8.21. The van der Waals surface area contributed by atoms with Gasteiger partial charge in [0, 0.05) is 17.7 Å². The highest BCUT2D eigenvalue weighted by molar-refractivity contribution is 6.32. The first-order chi connectivity index (χ1) is 17.4. The molecule has 2 aromatic rings. The molecule has 192 valence electrons. The van der Waals surface area contributed by atoms with Gasteiger partial charge >= 0.3 is 0 Å². The number of carbonyl (C=O) groups is 5. The Morgan fingerprint density at radius 1 is 1.14 bits per heavy atom. The number of fused-ring (bicyclic) bond motifs is 3. The van der Waals surface area contributed by atoms with Crippen molar-refractivity contribution < 1.29 is 34.2 Å². The number of ketones is 4. The molecule has 0 bridgehead atoms.